The van der Waals surface area contributed by atoms with Crippen LogP contribution >= 0.6 is 11.6 Å². The first-order valence-electron chi connectivity index (χ1n) is 9.81. The number of hydrogen-bond donors (Lipinski definition) is 2. The van der Waals surface area contributed by atoms with Crippen LogP contribution in [0.25, 0.3) is 5.57 Å². The largest absolute Gasteiger partial charge is 0.481 e. The molecule has 5 rings (SSSR count). The first kappa shape index (κ1) is 17.8. The number of nitrogens with one attached hydrogen (secondary N) is 1. The third-order valence-corrected chi connectivity index (χ3v) is 6.39. The monoisotopic (exact) mass is 395 g/mol. The third-order valence-electron chi connectivity index (χ3n) is 6.11. The van der Waals surface area contributed by atoms with Crippen LogP contribution in [0.3, 0.4) is 0 Å². The zero-order chi connectivity index (χ0) is 19.4. The van der Waals surface area contributed by atoms with E-state index < -0.39 is 5.97 Å². The van der Waals surface area contributed by atoms with Crippen LogP contribution in [0.1, 0.15) is 53.6 Å². The molecule has 3 aliphatic rings. The van der Waals surface area contributed by atoms with E-state index in [1.54, 1.807) is 6.07 Å². The molecule has 0 radical (unpaired) electrons. The lowest BCUT2D eigenvalue weighted by atomic mass is 9.98. The van der Waals surface area contributed by atoms with Crippen LogP contribution in [-0.4, -0.2) is 17.1 Å². The van der Waals surface area contributed by atoms with E-state index in [0.29, 0.717) is 22.9 Å². The number of rotatable bonds is 4. The molecule has 2 aromatic rings. The number of benzene rings is 2. The van der Waals surface area contributed by atoms with Gasteiger partial charge in [-0.15, -0.1) is 0 Å². The number of ether oxygens (including phenoxy) is 1. The topological polar surface area (TPSA) is 68.5 Å². The standard InChI is InChI=1S/C23H22ClNO3/c1-12-5-8-20-22(25-20)16-7-6-14(11-18(12)16)28-23-17-4-2-3-15(17)13(9-19(23)24)10-21(26)27/h5-7,9,11,20,22,25H,2-4,8,10H2,1H3,(H,26,27). The Labute approximate surface area is 169 Å². The molecule has 0 spiro atoms. The van der Waals surface area contributed by atoms with E-state index in [0.717, 1.165) is 48.1 Å². The van der Waals surface area contributed by atoms with Crippen molar-refractivity contribution < 1.29 is 14.6 Å². The normalized spacial score (nSPS) is 21.9. The first-order chi connectivity index (χ1) is 13.5. The summed E-state index contributed by atoms with van der Waals surface area (Å²) in [7, 11) is 0. The summed E-state index contributed by atoms with van der Waals surface area (Å²) >= 11 is 6.54. The van der Waals surface area contributed by atoms with Crippen LogP contribution in [0, 0.1) is 0 Å². The molecule has 0 bridgehead atoms. The quantitative estimate of drug-likeness (QED) is 0.709. The summed E-state index contributed by atoms with van der Waals surface area (Å²) < 4.78 is 6.29. The van der Waals surface area contributed by atoms with Gasteiger partial charge in [-0.05, 0) is 84.2 Å². The molecule has 2 N–H and O–H groups in total. The predicted octanol–water partition coefficient (Wildman–Crippen LogP) is 5.07. The number of allylic oxidation sites excluding steroid dienone is 1. The van der Waals surface area contributed by atoms with Gasteiger partial charge < -0.3 is 15.2 Å². The van der Waals surface area contributed by atoms with Gasteiger partial charge in [0.2, 0.25) is 0 Å². The van der Waals surface area contributed by atoms with Gasteiger partial charge in [0.15, 0.2) is 0 Å². The summed E-state index contributed by atoms with van der Waals surface area (Å²) in [4.78, 5) is 11.2. The molecule has 0 aromatic heterocycles. The maximum absolute atomic E-state index is 11.2. The molecule has 0 saturated carbocycles. The number of halogens is 1. The van der Waals surface area contributed by atoms with Crippen molar-refractivity contribution in [1.29, 1.82) is 0 Å². The molecule has 1 heterocycles. The highest BCUT2D eigenvalue weighted by Crippen LogP contribution is 2.44. The molecule has 1 aliphatic heterocycles. The van der Waals surface area contributed by atoms with Gasteiger partial charge in [-0.3, -0.25) is 4.79 Å². The highest BCUT2D eigenvalue weighted by atomic mass is 35.5. The zero-order valence-electron chi connectivity index (χ0n) is 15.7. The summed E-state index contributed by atoms with van der Waals surface area (Å²) in [6, 6.07) is 9.03. The van der Waals surface area contributed by atoms with Gasteiger partial charge in [-0.2, -0.15) is 0 Å². The second kappa shape index (κ2) is 6.64. The predicted molar refractivity (Wildman–Crippen MR) is 109 cm³/mol. The van der Waals surface area contributed by atoms with Crippen molar-refractivity contribution in [2.75, 3.05) is 0 Å². The van der Waals surface area contributed by atoms with Crippen LogP contribution in [0.4, 0.5) is 0 Å². The SMILES string of the molecule is CC1=CCC2NC2c2ccc(Oc3c(Cl)cc(CC(=O)O)c4c3CCC4)cc21. The molecule has 5 heteroatoms. The maximum Gasteiger partial charge on any atom is 0.307 e. The van der Waals surface area contributed by atoms with Gasteiger partial charge in [-0.1, -0.05) is 23.7 Å². The summed E-state index contributed by atoms with van der Waals surface area (Å²) in [5.74, 6) is 0.618. The van der Waals surface area contributed by atoms with Gasteiger partial charge in [0, 0.05) is 12.1 Å². The average molecular weight is 396 g/mol. The number of fused-ring (bicyclic) bond motifs is 4. The lowest BCUT2D eigenvalue weighted by Gasteiger charge is -2.17. The van der Waals surface area contributed by atoms with Gasteiger partial charge in [0.25, 0.3) is 0 Å². The second-order valence-corrected chi connectivity index (χ2v) is 8.36. The molecule has 1 saturated heterocycles. The Kier molecular flexibility index (Phi) is 4.22. The molecule has 2 atom stereocenters. The zero-order valence-corrected chi connectivity index (χ0v) is 16.5. The van der Waals surface area contributed by atoms with E-state index in [1.165, 1.54) is 16.7 Å². The van der Waals surface area contributed by atoms with Crippen LogP contribution in [0.15, 0.2) is 30.3 Å². The minimum Gasteiger partial charge on any atom is -0.481 e. The van der Waals surface area contributed by atoms with Crippen LogP contribution in [0.2, 0.25) is 5.02 Å². The van der Waals surface area contributed by atoms with E-state index in [9.17, 15) is 9.90 Å². The highest BCUT2D eigenvalue weighted by molar-refractivity contribution is 6.32. The summed E-state index contributed by atoms with van der Waals surface area (Å²) in [5.41, 5.74) is 6.81. The number of carboxylic acid groups (broad SMARTS) is 1. The average Bonchev–Trinajstić information content (AvgIpc) is 3.28. The third kappa shape index (κ3) is 3.01. The number of hydrogen-bond acceptors (Lipinski definition) is 3. The van der Waals surface area contributed by atoms with Crippen LogP contribution in [0.5, 0.6) is 11.5 Å². The molecule has 2 aromatic carbocycles. The number of carbonyl (C=O) groups is 1. The van der Waals surface area contributed by atoms with Crippen LogP contribution in [-0.2, 0) is 24.1 Å². The molecular weight excluding hydrogens is 374 g/mol. The van der Waals surface area contributed by atoms with Crippen molar-refractivity contribution in [3.8, 4) is 11.5 Å². The van der Waals surface area contributed by atoms with E-state index in [4.69, 9.17) is 16.3 Å². The molecule has 144 valence electrons. The van der Waals surface area contributed by atoms with Crippen molar-refractivity contribution >= 4 is 23.1 Å². The lowest BCUT2D eigenvalue weighted by molar-refractivity contribution is -0.136. The molecular formula is C23H22ClNO3. The van der Waals surface area contributed by atoms with E-state index in [2.05, 4.69) is 30.4 Å². The minimum absolute atomic E-state index is 0.000717. The number of aliphatic carboxylic acids is 1. The van der Waals surface area contributed by atoms with Crippen molar-refractivity contribution in [3.63, 3.8) is 0 Å². The lowest BCUT2D eigenvalue weighted by Crippen LogP contribution is -2.05. The minimum atomic E-state index is -0.834. The fourth-order valence-electron chi connectivity index (χ4n) is 4.66. The van der Waals surface area contributed by atoms with Crippen molar-refractivity contribution in [1.82, 2.24) is 5.32 Å². The molecule has 28 heavy (non-hydrogen) atoms. The van der Waals surface area contributed by atoms with E-state index in [-0.39, 0.29) is 6.42 Å². The molecule has 4 nitrogen and oxygen atoms in total. The van der Waals surface area contributed by atoms with E-state index in [1.807, 2.05) is 6.07 Å². The summed E-state index contributed by atoms with van der Waals surface area (Å²) in [6.45, 7) is 2.15. The van der Waals surface area contributed by atoms with Crippen molar-refractivity contribution in [2.24, 2.45) is 0 Å². The maximum atomic E-state index is 11.2. The fraction of sp³-hybridized carbons (Fsp3) is 0.348. The van der Waals surface area contributed by atoms with Gasteiger partial charge in [-0.25, -0.2) is 0 Å². The van der Waals surface area contributed by atoms with Crippen LogP contribution < -0.4 is 10.1 Å². The van der Waals surface area contributed by atoms with E-state index >= 15 is 0 Å². The van der Waals surface area contributed by atoms with Gasteiger partial charge in [0.1, 0.15) is 11.5 Å². The molecule has 0 amide bonds. The smallest absolute Gasteiger partial charge is 0.307 e. The Morgan fingerprint density at radius 1 is 1.29 bits per heavy atom. The Morgan fingerprint density at radius 3 is 2.93 bits per heavy atom. The van der Waals surface area contributed by atoms with Gasteiger partial charge >= 0.3 is 5.97 Å². The number of carboxylic acids is 1. The second-order valence-electron chi connectivity index (χ2n) is 7.95. The Hall–Kier alpha value is -2.30. The Balaban J connectivity index is 1.52. The Morgan fingerprint density at radius 2 is 2.11 bits per heavy atom. The Bertz CT molecular complexity index is 1030. The van der Waals surface area contributed by atoms with Crippen molar-refractivity contribution in [2.45, 2.75) is 51.1 Å². The fourth-order valence-corrected chi connectivity index (χ4v) is 4.94. The molecule has 2 unspecified atom stereocenters. The first-order valence-corrected chi connectivity index (χ1v) is 10.2. The molecule has 2 aliphatic carbocycles. The van der Waals surface area contributed by atoms with Crippen molar-refractivity contribution in [3.05, 3.63) is 63.2 Å². The summed E-state index contributed by atoms with van der Waals surface area (Å²) in [6.07, 6.45) is 6.10. The molecule has 1 fully saturated rings. The highest BCUT2D eigenvalue weighted by Gasteiger charge is 2.39. The van der Waals surface area contributed by atoms with Gasteiger partial charge in [0.05, 0.1) is 11.4 Å². The summed E-state index contributed by atoms with van der Waals surface area (Å²) in [5, 5.41) is 13.2.